The second-order valence-corrected chi connectivity index (χ2v) is 6.28. The van der Waals surface area contributed by atoms with Gasteiger partial charge in [0.2, 0.25) is 0 Å². The fraction of sp³-hybridized carbons (Fsp3) is 0.250. The maximum atomic E-state index is 14.1. The van der Waals surface area contributed by atoms with Gasteiger partial charge < -0.3 is 0 Å². The lowest BCUT2D eigenvalue weighted by Crippen LogP contribution is -2.33. The van der Waals surface area contributed by atoms with Crippen LogP contribution in [0.4, 0.5) is 4.39 Å². The first-order valence-electron chi connectivity index (χ1n) is 6.23. The van der Waals surface area contributed by atoms with Gasteiger partial charge in [-0.1, -0.05) is 52.3 Å². The summed E-state index contributed by atoms with van der Waals surface area (Å²) in [6.07, 6.45) is 0.475. The molecule has 20 heavy (non-hydrogen) atoms. The Bertz CT molecular complexity index is 568. The van der Waals surface area contributed by atoms with E-state index in [-0.39, 0.29) is 5.82 Å². The van der Waals surface area contributed by atoms with Crippen LogP contribution in [0.2, 0.25) is 0 Å². The van der Waals surface area contributed by atoms with E-state index in [9.17, 15) is 4.39 Å². The molecule has 0 atom stereocenters. The third-order valence-corrected chi connectivity index (χ3v) is 4.96. The average Bonchev–Trinajstić information content (AvgIpc) is 2.48. The van der Waals surface area contributed by atoms with Crippen molar-refractivity contribution in [1.29, 1.82) is 0 Å². The van der Waals surface area contributed by atoms with Gasteiger partial charge in [-0.2, -0.15) is 0 Å². The molecule has 0 aromatic heterocycles. The molecular formula is C16H14BrCl2F. The number of rotatable bonds is 5. The Morgan fingerprint density at radius 1 is 1.00 bits per heavy atom. The number of hydrogen-bond acceptors (Lipinski definition) is 0. The van der Waals surface area contributed by atoms with Crippen LogP contribution in [0.15, 0.2) is 53.0 Å². The Hall–Kier alpha value is -0.570. The Labute approximate surface area is 137 Å². The Balaban J connectivity index is 2.39. The van der Waals surface area contributed by atoms with Crippen molar-refractivity contribution in [3.8, 4) is 0 Å². The molecule has 0 aliphatic heterocycles. The molecule has 4 heteroatoms. The van der Waals surface area contributed by atoms with Crippen molar-refractivity contribution >= 4 is 39.1 Å². The van der Waals surface area contributed by atoms with Crippen molar-refractivity contribution in [3.63, 3.8) is 0 Å². The van der Waals surface area contributed by atoms with Gasteiger partial charge in [0, 0.05) is 21.6 Å². The predicted octanol–water partition coefficient (Wildman–Crippen LogP) is 5.55. The summed E-state index contributed by atoms with van der Waals surface area (Å²) in [5.41, 5.74) is 1.20. The van der Waals surface area contributed by atoms with E-state index in [1.54, 1.807) is 6.07 Å². The third kappa shape index (κ3) is 3.36. The van der Waals surface area contributed by atoms with Crippen molar-refractivity contribution in [2.24, 2.45) is 0 Å². The van der Waals surface area contributed by atoms with Crippen LogP contribution >= 0.6 is 39.1 Å². The van der Waals surface area contributed by atoms with Crippen LogP contribution in [0.3, 0.4) is 0 Å². The zero-order valence-electron chi connectivity index (χ0n) is 10.8. The standard InChI is InChI=1S/C16H14BrCl2F/c17-14-7-6-12(15(20)8-14)9-16(10-18,11-19)13-4-2-1-3-5-13/h1-8H,9-11H2. The van der Waals surface area contributed by atoms with Gasteiger partial charge in [-0.05, 0) is 29.7 Å². The lowest BCUT2D eigenvalue weighted by molar-refractivity contribution is 0.512. The molecule has 0 fully saturated rings. The highest BCUT2D eigenvalue weighted by Gasteiger charge is 2.31. The Kier molecular flexibility index (Phi) is 5.48. The molecule has 0 heterocycles. The SMILES string of the molecule is Fc1cc(Br)ccc1CC(CCl)(CCl)c1ccccc1. The van der Waals surface area contributed by atoms with Gasteiger partial charge in [-0.15, -0.1) is 23.2 Å². The van der Waals surface area contributed by atoms with Gasteiger partial charge in [0.25, 0.3) is 0 Å². The summed E-state index contributed by atoms with van der Waals surface area (Å²) in [5, 5.41) is 0. The fourth-order valence-corrected chi connectivity index (χ4v) is 3.32. The topological polar surface area (TPSA) is 0 Å². The van der Waals surface area contributed by atoms with Crippen molar-refractivity contribution in [2.45, 2.75) is 11.8 Å². The van der Waals surface area contributed by atoms with E-state index in [2.05, 4.69) is 15.9 Å². The van der Waals surface area contributed by atoms with Gasteiger partial charge >= 0.3 is 0 Å². The lowest BCUT2D eigenvalue weighted by atomic mass is 9.78. The normalized spacial score (nSPS) is 11.6. The molecule has 0 nitrogen and oxygen atoms in total. The first-order valence-corrected chi connectivity index (χ1v) is 8.09. The van der Waals surface area contributed by atoms with E-state index < -0.39 is 5.41 Å². The van der Waals surface area contributed by atoms with Crippen LogP contribution in [0.25, 0.3) is 0 Å². The van der Waals surface area contributed by atoms with Crippen molar-refractivity contribution in [2.75, 3.05) is 11.8 Å². The molecule has 106 valence electrons. The highest BCUT2D eigenvalue weighted by Crippen LogP contribution is 2.32. The molecule has 0 spiro atoms. The fourth-order valence-electron chi connectivity index (χ4n) is 2.21. The number of benzene rings is 2. The monoisotopic (exact) mass is 374 g/mol. The van der Waals surface area contributed by atoms with Gasteiger partial charge in [0.05, 0.1) is 0 Å². The Morgan fingerprint density at radius 2 is 1.65 bits per heavy atom. The van der Waals surface area contributed by atoms with Crippen LogP contribution in [0.5, 0.6) is 0 Å². The summed E-state index contributed by atoms with van der Waals surface area (Å²) < 4.78 is 14.8. The molecular weight excluding hydrogens is 362 g/mol. The summed E-state index contributed by atoms with van der Waals surface area (Å²) in [6.45, 7) is 0. The number of hydrogen-bond donors (Lipinski definition) is 0. The first-order chi connectivity index (χ1) is 9.61. The molecule has 0 N–H and O–H groups in total. The van der Waals surface area contributed by atoms with E-state index in [4.69, 9.17) is 23.2 Å². The molecule has 0 aliphatic rings. The minimum atomic E-state index is -0.459. The van der Waals surface area contributed by atoms with Crippen LogP contribution < -0.4 is 0 Å². The quantitative estimate of drug-likeness (QED) is 0.601. The van der Waals surface area contributed by atoms with Crippen LogP contribution in [-0.4, -0.2) is 11.8 Å². The zero-order chi connectivity index (χ0) is 14.6. The molecule has 0 amide bonds. The van der Waals surface area contributed by atoms with Gasteiger partial charge in [0.15, 0.2) is 0 Å². The van der Waals surface area contributed by atoms with E-state index >= 15 is 0 Å². The highest BCUT2D eigenvalue weighted by atomic mass is 79.9. The molecule has 2 rings (SSSR count). The van der Waals surface area contributed by atoms with Gasteiger partial charge in [-0.3, -0.25) is 0 Å². The second-order valence-electron chi connectivity index (χ2n) is 4.83. The molecule has 0 saturated heterocycles. The second kappa shape index (κ2) is 6.93. The van der Waals surface area contributed by atoms with E-state index in [1.165, 1.54) is 6.07 Å². The summed E-state index contributed by atoms with van der Waals surface area (Å²) in [4.78, 5) is 0. The van der Waals surface area contributed by atoms with Crippen LogP contribution in [0.1, 0.15) is 11.1 Å². The number of alkyl halides is 2. The third-order valence-electron chi connectivity index (χ3n) is 3.44. The molecule has 0 radical (unpaired) electrons. The van der Waals surface area contributed by atoms with Crippen LogP contribution in [0, 0.1) is 5.82 Å². The first kappa shape index (κ1) is 15.8. The van der Waals surface area contributed by atoms with Crippen LogP contribution in [-0.2, 0) is 11.8 Å². The van der Waals surface area contributed by atoms with Crippen molar-refractivity contribution < 1.29 is 4.39 Å². The summed E-state index contributed by atoms with van der Waals surface area (Å²) in [6, 6.07) is 14.9. The smallest absolute Gasteiger partial charge is 0.127 e. The average molecular weight is 376 g/mol. The van der Waals surface area contributed by atoms with E-state index in [0.29, 0.717) is 23.7 Å². The minimum absolute atomic E-state index is 0.241. The molecule has 0 aliphatic carbocycles. The zero-order valence-corrected chi connectivity index (χ0v) is 13.8. The maximum absolute atomic E-state index is 14.1. The summed E-state index contributed by atoms with van der Waals surface area (Å²) in [5.74, 6) is 0.446. The molecule has 0 bridgehead atoms. The number of halogens is 4. The maximum Gasteiger partial charge on any atom is 0.127 e. The van der Waals surface area contributed by atoms with E-state index in [0.717, 1.165) is 10.0 Å². The van der Waals surface area contributed by atoms with Gasteiger partial charge in [-0.25, -0.2) is 4.39 Å². The predicted molar refractivity (Wildman–Crippen MR) is 87.4 cm³/mol. The largest absolute Gasteiger partial charge is 0.207 e. The molecule has 0 unspecified atom stereocenters. The summed E-state index contributed by atoms with van der Waals surface area (Å²) in [7, 11) is 0. The minimum Gasteiger partial charge on any atom is -0.207 e. The molecule has 2 aromatic carbocycles. The Morgan fingerprint density at radius 3 is 2.20 bits per heavy atom. The molecule has 0 saturated carbocycles. The van der Waals surface area contributed by atoms with Gasteiger partial charge in [0.1, 0.15) is 5.82 Å². The van der Waals surface area contributed by atoms with E-state index in [1.807, 2.05) is 36.4 Å². The van der Waals surface area contributed by atoms with Crippen molar-refractivity contribution in [3.05, 3.63) is 69.9 Å². The molecule has 2 aromatic rings. The highest BCUT2D eigenvalue weighted by molar-refractivity contribution is 9.10. The van der Waals surface area contributed by atoms with Crippen molar-refractivity contribution in [1.82, 2.24) is 0 Å². The lowest BCUT2D eigenvalue weighted by Gasteiger charge is -2.30. The summed E-state index contributed by atoms with van der Waals surface area (Å²) >= 11 is 15.6.